The Morgan fingerprint density at radius 2 is 1.30 bits per heavy atom. The molecule has 1 unspecified atom stereocenters. The van der Waals surface area contributed by atoms with E-state index in [0.29, 0.717) is 13.2 Å². The average Bonchev–Trinajstić information content (AvgIpc) is 3.69. The molecule has 5 rings (SSSR count). The number of fused-ring (bicyclic) bond motifs is 1. The normalized spacial score (nSPS) is 21.8. The Bertz CT molecular complexity index is 1490. The summed E-state index contributed by atoms with van der Waals surface area (Å²) in [5.74, 6) is 1.48. The average molecular weight is 807 g/mol. The molecule has 0 saturated carbocycles. The van der Waals surface area contributed by atoms with Gasteiger partial charge in [-0.15, -0.1) is 0 Å². The first-order chi connectivity index (χ1) is 24.1. The van der Waals surface area contributed by atoms with Crippen LogP contribution in [-0.2, 0) is 20.5 Å². The molecule has 272 valence electrons. The number of hydrogen-bond acceptors (Lipinski definition) is 6. The predicted octanol–water partition coefficient (Wildman–Crippen LogP) is 8.52. The molecular formula is C42H61NO5SiSn. The third-order valence-corrected chi connectivity index (χ3v) is 34.7. The van der Waals surface area contributed by atoms with Crippen LogP contribution in [0, 0.1) is 0 Å². The molecule has 0 N–H and O–H groups in total. The molecule has 0 aliphatic carbocycles. The second kappa shape index (κ2) is 16.6. The van der Waals surface area contributed by atoms with Crippen LogP contribution in [0.5, 0.6) is 11.5 Å². The van der Waals surface area contributed by atoms with Crippen LogP contribution < -0.4 is 19.8 Å². The Kier molecular flexibility index (Phi) is 12.9. The summed E-state index contributed by atoms with van der Waals surface area (Å²) in [4.78, 5) is 17.4. The van der Waals surface area contributed by atoms with Crippen molar-refractivity contribution in [2.45, 2.75) is 121 Å². The molecule has 3 aromatic rings. The molecule has 2 aliphatic rings. The summed E-state index contributed by atoms with van der Waals surface area (Å²) >= 11 is -3.28. The third-order valence-electron chi connectivity index (χ3n) is 11.6. The van der Waals surface area contributed by atoms with Gasteiger partial charge in [0, 0.05) is 0 Å². The van der Waals surface area contributed by atoms with Gasteiger partial charge in [0.2, 0.25) is 0 Å². The van der Waals surface area contributed by atoms with E-state index in [0.717, 1.165) is 36.3 Å². The number of ether oxygens (including phenoxy) is 3. The molecule has 4 atom stereocenters. The molecular weight excluding hydrogens is 745 g/mol. The number of unbranched alkanes of at least 4 members (excludes halogenated alkanes) is 3. The van der Waals surface area contributed by atoms with Crippen LogP contribution in [0.2, 0.25) is 18.3 Å². The molecule has 0 amide bonds. The maximum absolute atomic E-state index is 14.9. The summed E-state index contributed by atoms with van der Waals surface area (Å²) in [5, 5.41) is 2.33. The Balaban J connectivity index is 1.60. The molecule has 0 bridgehead atoms. The Labute approximate surface area is 307 Å². The van der Waals surface area contributed by atoms with E-state index in [9.17, 15) is 4.79 Å². The van der Waals surface area contributed by atoms with Crippen LogP contribution in [0.4, 0.5) is 0 Å². The van der Waals surface area contributed by atoms with Gasteiger partial charge in [0.15, 0.2) is 0 Å². The number of esters is 1. The molecule has 0 radical (unpaired) electrons. The number of hydrogen-bond donors (Lipinski definition) is 0. The first-order valence-corrected chi connectivity index (χ1v) is 28.4. The molecule has 6 nitrogen and oxygen atoms in total. The van der Waals surface area contributed by atoms with Crippen molar-refractivity contribution in [3.05, 3.63) is 84.4 Å². The van der Waals surface area contributed by atoms with E-state index in [1.165, 1.54) is 42.9 Å². The van der Waals surface area contributed by atoms with Crippen molar-refractivity contribution >= 4 is 43.0 Å². The fourth-order valence-electron chi connectivity index (χ4n) is 9.19. The SMILES string of the molecule is CCC[CH2][Sn]([CH2]CCC)([CH2]CCC)[C@]12C(=O)O[C@H](CO[Si](c3ccccc3)(c3ccccc3)C(C)(C)C)[C@H]1N2Cc1ccc(OC)c(OC)c1. The molecule has 3 aromatic carbocycles. The summed E-state index contributed by atoms with van der Waals surface area (Å²) in [6, 6.07) is 27.8. The van der Waals surface area contributed by atoms with Crippen LogP contribution in [-0.4, -0.2) is 74.1 Å². The zero-order chi connectivity index (χ0) is 36.0. The topological polar surface area (TPSA) is 57.0 Å². The summed E-state index contributed by atoms with van der Waals surface area (Å²) in [7, 11) is 0.534. The number of carbonyl (C=O) groups is 1. The number of carbonyl (C=O) groups excluding carboxylic acids is 1. The molecule has 2 heterocycles. The van der Waals surface area contributed by atoms with Crippen molar-refractivity contribution in [1.82, 2.24) is 4.90 Å². The van der Waals surface area contributed by atoms with Gasteiger partial charge in [-0.25, -0.2) is 0 Å². The van der Waals surface area contributed by atoms with Crippen LogP contribution in [0.1, 0.15) is 85.6 Å². The van der Waals surface area contributed by atoms with Gasteiger partial charge in [-0.3, -0.25) is 0 Å². The molecule has 0 spiro atoms. The quantitative estimate of drug-likeness (QED) is 0.0689. The summed E-state index contributed by atoms with van der Waals surface area (Å²) in [5.41, 5.74) is 1.14. The van der Waals surface area contributed by atoms with E-state index >= 15 is 0 Å². The van der Waals surface area contributed by atoms with E-state index < -0.39 is 30.2 Å². The fourth-order valence-corrected chi connectivity index (χ4v) is 34.3. The van der Waals surface area contributed by atoms with Gasteiger partial charge < -0.3 is 0 Å². The zero-order valence-electron chi connectivity index (χ0n) is 31.9. The second-order valence-electron chi connectivity index (χ2n) is 15.5. The van der Waals surface area contributed by atoms with Crippen molar-refractivity contribution in [3.63, 3.8) is 0 Å². The minimum absolute atomic E-state index is 0.0303. The van der Waals surface area contributed by atoms with E-state index in [4.69, 9.17) is 18.6 Å². The van der Waals surface area contributed by atoms with Crippen molar-refractivity contribution < 1.29 is 23.4 Å². The van der Waals surface area contributed by atoms with Gasteiger partial charge in [0.25, 0.3) is 0 Å². The molecule has 50 heavy (non-hydrogen) atoms. The van der Waals surface area contributed by atoms with Gasteiger partial charge in [-0.1, -0.05) is 0 Å². The van der Waals surface area contributed by atoms with Crippen molar-refractivity contribution in [1.29, 1.82) is 0 Å². The zero-order valence-corrected chi connectivity index (χ0v) is 35.8. The summed E-state index contributed by atoms with van der Waals surface area (Å²) in [6.07, 6.45) is 6.73. The van der Waals surface area contributed by atoms with Crippen LogP contribution in [0.3, 0.4) is 0 Å². The summed E-state index contributed by atoms with van der Waals surface area (Å²) in [6.45, 7) is 14.9. The van der Waals surface area contributed by atoms with E-state index in [1.807, 2.05) is 6.07 Å². The van der Waals surface area contributed by atoms with Crippen LogP contribution >= 0.6 is 0 Å². The Morgan fingerprint density at radius 3 is 1.76 bits per heavy atom. The monoisotopic (exact) mass is 807 g/mol. The first kappa shape index (κ1) is 38.9. The third kappa shape index (κ3) is 7.05. The number of cyclic esters (lactones) is 1. The van der Waals surface area contributed by atoms with Gasteiger partial charge in [0.1, 0.15) is 0 Å². The van der Waals surface area contributed by atoms with Crippen LogP contribution in [0.15, 0.2) is 78.9 Å². The fraction of sp³-hybridized carbons (Fsp3) is 0.548. The van der Waals surface area contributed by atoms with Gasteiger partial charge in [-0.05, 0) is 0 Å². The van der Waals surface area contributed by atoms with Gasteiger partial charge in [-0.2, -0.15) is 0 Å². The standard InChI is InChI=1S/C30H34NO5Si.3C4H9.Sn/c1-30(2,3)37(22-12-8-6-9-13-22,23-14-10-7-11-15-23)35-20-26-27-28(29(32)36-26)31(27)19-21-16-17-24(33-4)25(18-21)34-5;3*1-3-4-2;/h6-18,26-27H,19-20H2,1-5H3;3*1,3-4H2,2H3;/t26-,27-,31?;;;;/m1..../s1. The number of morpholine rings is 1. The number of rotatable bonds is 19. The molecule has 8 heteroatoms. The van der Waals surface area contributed by atoms with Gasteiger partial charge in [0.05, 0.1) is 0 Å². The summed E-state index contributed by atoms with van der Waals surface area (Å²) < 4.78 is 28.6. The minimum atomic E-state index is -3.28. The molecule has 2 fully saturated rings. The number of nitrogens with zero attached hydrogens (tertiary/aromatic N) is 1. The first-order valence-electron chi connectivity index (χ1n) is 19.0. The van der Waals surface area contributed by atoms with Gasteiger partial charge >= 0.3 is 309 Å². The molecule has 2 aliphatic heterocycles. The number of methoxy groups -OCH3 is 2. The van der Waals surface area contributed by atoms with E-state index in [1.54, 1.807) is 14.2 Å². The second-order valence-corrected chi connectivity index (χ2v) is 33.6. The van der Waals surface area contributed by atoms with Crippen molar-refractivity contribution in [2.75, 3.05) is 20.8 Å². The molecule has 0 aromatic heterocycles. The maximum atomic E-state index is 14.9. The van der Waals surface area contributed by atoms with E-state index in [-0.39, 0.29) is 23.2 Å². The van der Waals surface area contributed by atoms with E-state index in [2.05, 4.69) is 119 Å². The number of benzene rings is 3. The van der Waals surface area contributed by atoms with Crippen molar-refractivity contribution in [3.8, 4) is 11.5 Å². The van der Waals surface area contributed by atoms with Crippen molar-refractivity contribution in [2.24, 2.45) is 0 Å². The Hall–Kier alpha value is -2.33. The predicted molar refractivity (Wildman–Crippen MR) is 210 cm³/mol. The molecule has 2 saturated heterocycles. The Morgan fingerprint density at radius 1 is 0.780 bits per heavy atom. The van der Waals surface area contributed by atoms with Crippen LogP contribution in [0.25, 0.3) is 0 Å².